The van der Waals surface area contributed by atoms with Crippen molar-refractivity contribution >= 4 is 17.4 Å². The maximum atomic E-state index is 14.2. The van der Waals surface area contributed by atoms with Gasteiger partial charge in [-0.2, -0.15) is 5.26 Å². The first-order valence-electron chi connectivity index (χ1n) is 11.4. The predicted octanol–water partition coefficient (Wildman–Crippen LogP) is 4.35. The fourth-order valence-corrected chi connectivity index (χ4v) is 5.39. The van der Waals surface area contributed by atoms with Gasteiger partial charge in [0.25, 0.3) is 0 Å². The van der Waals surface area contributed by atoms with E-state index < -0.39 is 17.2 Å². The molecule has 0 amide bonds. The molecule has 2 aliphatic heterocycles. The molecule has 1 saturated heterocycles. The van der Waals surface area contributed by atoms with Gasteiger partial charge in [-0.1, -0.05) is 11.6 Å². The topological polar surface area (TPSA) is 73.9 Å². The Labute approximate surface area is 200 Å². The highest BCUT2D eigenvalue weighted by Gasteiger charge is 2.50. The number of benzene rings is 1. The van der Waals surface area contributed by atoms with E-state index in [1.54, 1.807) is 0 Å². The van der Waals surface area contributed by atoms with Gasteiger partial charge in [0.15, 0.2) is 17.5 Å². The minimum atomic E-state index is -0.681. The molecule has 0 bridgehead atoms. The molecule has 3 aliphatic rings. The Balaban J connectivity index is 1.32. The molecule has 0 atom stereocenters. The van der Waals surface area contributed by atoms with E-state index in [1.165, 1.54) is 0 Å². The van der Waals surface area contributed by atoms with Crippen LogP contribution in [0.5, 0.6) is 0 Å². The first kappa shape index (κ1) is 21.4. The smallest absolute Gasteiger partial charge is 0.168 e. The van der Waals surface area contributed by atoms with Crippen molar-refractivity contribution < 1.29 is 8.78 Å². The van der Waals surface area contributed by atoms with E-state index >= 15 is 0 Å². The molecule has 2 aromatic heterocycles. The molecule has 34 heavy (non-hydrogen) atoms. The average Bonchev–Trinajstić information content (AvgIpc) is 3.56. The third-order valence-corrected chi connectivity index (χ3v) is 7.45. The lowest BCUT2D eigenvalue weighted by atomic mass is 9.95. The molecule has 0 spiro atoms. The minimum absolute atomic E-state index is 0.127. The highest BCUT2D eigenvalue weighted by molar-refractivity contribution is 6.30. The van der Waals surface area contributed by atoms with Gasteiger partial charge in [-0.15, -0.1) is 10.2 Å². The van der Waals surface area contributed by atoms with Crippen LogP contribution >= 0.6 is 11.6 Å². The summed E-state index contributed by atoms with van der Waals surface area (Å²) in [7, 11) is 0. The standard InChI is InChI=1S/C24H22ClF2N7/c25-17-1-2-20-16(9-17)12-33(24(14-28)5-6-24)13-21-30-31-22(34(20)21)15-3-7-32(8-4-15)23-19(27)10-18(26)11-29-23/h1-2,9-11,15H,3-8,12-13H2. The summed E-state index contributed by atoms with van der Waals surface area (Å²) in [5, 5.41) is 19.6. The molecule has 3 aromatic rings. The van der Waals surface area contributed by atoms with E-state index in [4.69, 9.17) is 11.6 Å². The number of rotatable bonds is 3. The molecule has 0 radical (unpaired) electrons. The SMILES string of the molecule is N#CC1(N2Cc3cc(Cl)ccc3-n3c(nnc3C3CCN(c4ncc(F)cc4F)CC3)C2)CC1. The third kappa shape index (κ3) is 3.53. The van der Waals surface area contributed by atoms with Gasteiger partial charge in [-0.05, 0) is 49.4 Å². The summed E-state index contributed by atoms with van der Waals surface area (Å²) in [5.41, 5.74) is 1.59. The quantitative estimate of drug-likeness (QED) is 0.553. The summed E-state index contributed by atoms with van der Waals surface area (Å²) in [6.07, 6.45) is 4.24. The molecule has 1 saturated carbocycles. The number of nitrogens with zero attached hydrogens (tertiary/aromatic N) is 7. The normalized spacial score (nSPS) is 19.8. The van der Waals surface area contributed by atoms with Crippen molar-refractivity contribution in [2.24, 2.45) is 0 Å². The van der Waals surface area contributed by atoms with E-state index in [0.717, 1.165) is 60.8 Å². The number of pyridine rings is 1. The van der Waals surface area contributed by atoms with Gasteiger partial charge >= 0.3 is 0 Å². The van der Waals surface area contributed by atoms with Crippen molar-refractivity contribution in [3.63, 3.8) is 0 Å². The molecule has 174 valence electrons. The lowest BCUT2D eigenvalue weighted by Crippen LogP contribution is -2.35. The summed E-state index contributed by atoms with van der Waals surface area (Å²) >= 11 is 6.34. The van der Waals surface area contributed by atoms with Crippen LogP contribution in [-0.4, -0.2) is 43.3 Å². The van der Waals surface area contributed by atoms with Crippen LogP contribution in [0.3, 0.4) is 0 Å². The van der Waals surface area contributed by atoms with E-state index in [0.29, 0.717) is 31.2 Å². The number of nitriles is 1. The van der Waals surface area contributed by atoms with E-state index in [9.17, 15) is 14.0 Å². The number of hydrogen-bond acceptors (Lipinski definition) is 6. The third-order valence-electron chi connectivity index (χ3n) is 7.22. The number of fused-ring (bicyclic) bond motifs is 3. The van der Waals surface area contributed by atoms with Crippen molar-refractivity contribution in [2.75, 3.05) is 18.0 Å². The van der Waals surface area contributed by atoms with Crippen LogP contribution in [0, 0.1) is 23.0 Å². The second-order valence-electron chi connectivity index (χ2n) is 9.30. The Morgan fingerprint density at radius 2 is 1.88 bits per heavy atom. The van der Waals surface area contributed by atoms with Crippen molar-refractivity contribution in [2.45, 2.75) is 50.2 Å². The zero-order valence-corrected chi connectivity index (χ0v) is 19.1. The fraction of sp³-hybridized carbons (Fsp3) is 0.417. The molecule has 2 fully saturated rings. The number of piperidine rings is 1. The lowest BCUT2D eigenvalue weighted by molar-refractivity contribution is 0.197. The number of aromatic nitrogens is 4. The van der Waals surface area contributed by atoms with Crippen molar-refractivity contribution in [3.8, 4) is 11.8 Å². The van der Waals surface area contributed by atoms with E-state index in [1.807, 2.05) is 23.1 Å². The highest BCUT2D eigenvalue weighted by atomic mass is 35.5. The Morgan fingerprint density at radius 3 is 2.59 bits per heavy atom. The first-order valence-corrected chi connectivity index (χ1v) is 11.8. The average molecular weight is 482 g/mol. The van der Waals surface area contributed by atoms with Crippen LogP contribution < -0.4 is 4.90 Å². The van der Waals surface area contributed by atoms with Gasteiger partial charge in [-0.3, -0.25) is 9.47 Å². The molecule has 6 rings (SSSR count). The molecule has 1 aromatic carbocycles. The van der Waals surface area contributed by atoms with E-state index in [-0.39, 0.29) is 11.7 Å². The van der Waals surface area contributed by atoms with Gasteiger partial charge in [-0.25, -0.2) is 13.8 Å². The van der Waals surface area contributed by atoms with Gasteiger partial charge in [0.2, 0.25) is 0 Å². The van der Waals surface area contributed by atoms with Crippen LogP contribution in [0.2, 0.25) is 5.02 Å². The van der Waals surface area contributed by atoms with Crippen molar-refractivity contribution in [1.82, 2.24) is 24.6 Å². The maximum absolute atomic E-state index is 14.2. The summed E-state index contributed by atoms with van der Waals surface area (Å²) in [6, 6.07) is 9.19. The molecule has 1 aliphatic carbocycles. The molecule has 10 heteroatoms. The second-order valence-corrected chi connectivity index (χ2v) is 9.74. The molecule has 4 heterocycles. The Hall–Kier alpha value is -3.09. The van der Waals surface area contributed by atoms with Crippen LogP contribution in [-0.2, 0) is 13.1 Å². The lowest BCUT2D eigenvalue weighted by Gasteiger charge is -2.32. The van der Waals surface area contributed by atoms with Crippen LogP contribution in [0.25, 0.3) is 5.69 Å². The van der Waals surface area contributed by atoms with Gasteiger partial charge in [0, 0.05) is 36.6 Å². The molecule has 0 unspecified atom stereocenters. The Morgan fingerprint density at radius 1 is 1.09 bits per heavy atom. The summed E-state index contributed by atoms with van der Waals surface area (Å²) in [6.45, 7) is 2.33. The first-order chi connectivity index (χ1) is 16.5. The molecule has 0 N–H and O–H groups in total. The van der Waals surface area contributed by atoms with Crippen LogP contribution in [0.15, 0.2) is 30.5 Å². The Bertz CT molecular complexity index is 1310. The van der Waals surface area contributed by atoms with Crippen LogP contribution in [0.4, 0.5) is 14.6 Å². The van der Waals surface area contributed by atoms with Gasteiger partial charge < -0.3 is 4.90 Å². The number of halogens is 3. The largest absolute Gasteiger partial charge is 0.354 e. The van der Waals surface area contributed by atoms with Crippen LogP contribution in [0.1, 0.15) is 48.8 Å². The zero-order chi connectivity index (χ0) is 23.4. The molecular weight excluding hydrogens is 460 g/mol. The van der Waals surface area contributed by atoms with Crippen molar-refractivity contribution in [3.05, 3.63) is 64.3 Å². The summed E-state index contributed by atoms with van der Waals surface area (Å²) < 4.78 is 29.6. The second kappa shape index (κ2) is 8.00. The van der Waals surface area contributed by atoms with E-state index in [2.05, 4.69) is 30.7 Å². The molecular formula is C24H22ClF2N7. The van der Waals surface area contributed by atoms with Crippen molar-refractivity contribution in [1.29, 1.82) is 5.26 Å². The van der Waals surface area contributed by atoms with Gasteiger partial charge in [0.1, 0.15) is 17.2 Å². The van der Waals surface area contributed by atoms with Gasteiger partial charge in [0.05, 0.1) is 24.5 Å². The number of hydrogen-bond donors (Lipinski definition) is 0. The highest BCUT2D eigenvalue weighted by Crippen LogP contribution is 2.45. The minimum Gasteiger partial charge on any atom is -0.354 e. The fourth-order valence-electron chi connectivity index (χ4n) is 5.20. The predicted molar refractivity (Wildman–Crippen MR) is 122 cm³/mol. The molecule has 7 nitrogen and oxygen atoms in total. The maximum Gasteiger partial charge on any atom is 0.168 e. The Kier molecular flexibility index (Phi) is 5.04. The monoisotopic (exact) mass is 481 g/mol. The summed E-state index contributed by atoms with van der Waals surface area (Å²) in [4.78, 5) is 7.99. The summed E-state index contributed by atoms with van der Waals surface area (Å²) in [5.74, 6) is 0.663. The number of anilines is 1. The zero-order valence-electron chi connectivity index (χ0n) is 18.4.